The predicted octanol–water partition coefficient (Wildman–Crippen LogP) is 3.47. The third kappa shape index (κ3) is 2.57. The van der Waals surface area contributed by atoms with Crippen LogP contribution in [0.5, 0.6) is 0 Å². The summed E-state index contributed by atoms with van der Waals surface area (Å²) in [7, 11) is 0. The third-order valence-corrected chi connectivity index (χ3v) is 5.38. The summed E-state index contributed by atoms with van der Waals surface area (Å²) < 4.78 is 5.88. The van der Waals surface area contributed by atoms with Crippen LogP contribution in [-0.4, -0.2) is 42.0 Å². The van der Waals surface area contributed by atoms with E-state index < -0.39 is 0 Å². The molecule has 1 saturated heterocycles. The molecule has 6 heteroatoms. The van der Waals surface area contributed by atoms with Crippen LogP contribution in [-0.2, 0) is 0 Å². The van der Waals surface area contributed by atoms with E-state index >= 15 is 0 Å². The van der Waals surface area contributed by atoms with Gasteiger partial charge in [-0.1, -0.05) is 12.1 Å². The first-order valence-corrected chi connectivity index (χ1v) is 8.95. The van der Waals surface area contributed by atoms with Crippen LogP contribution in [0.25, 0.3) is 11.0 Å². The van der Waals surface area contributed by atoms with Gasteiger partial charge in [-0.15, -0.1) is 11.3 Å². The second-order valence-corrected chi connectivity index (χ2v) is 7.02. The Balaban J connectivity index is 1.53. The second-order valence-electron chi connectivity index (χ2n) is 6.15. The van der Waals surface area contributed by atoms with Gasteiger partial charge in [-0.05, 0) is 25.5 Å². The molecule has 5 nitrogen and oxygen atoms in total. The first-order chi connectivity index (χ1) is 11.6. The molecule has 24 heavy (non-hydrogen) atoms. The lowest BCUT2D eigenvalue weighted by Crippen LogP contribution is -2.48. The van der Waals surface area contributed by atoms with Crippen LogP contribution in [0, 0.1) is 13.8 Å². The monoisotopic (exact) mass is 341 g/mol. The Bertz CT molecular complexity index is 877. The van der Waals surface area contributed by atoms with Crippen LogP contribution in [0.4, 0.5) is 5.13 Å². The average molecular weight is 341 g/mol. The summed E-state index contributed by atoms with van der Waals surface area (Å²) in [5.74, 6) is 0.457. The lowest BCUT2D eigenvalue weighted by atomic mass is 10.1. The third-order valence-electron chi connectivity index (χ3n) is 4.54. The van der Waals surface area contributed by atoms with E-state index in [2.05, 4.69) is 9.88 Å². The summed E-state index contributed by atoms with van der Waals surface area (Å²) in [6.07, 6.45) is 1.82. The highest BCUT2D eigenvalue weighted by Crippen LogP contribution is 2.28. The second kappa shape index (κ2) is 5.94. The van der Waals surface area contributed by atoms with Crippen molar-refractivity contribution in [2.24, 2.45) is 0 Å². The van der Waals surface area contributed by atoms with Crippen molar-refractivity contribution in [1.82, 2.24) is 9.88 Å². The largest absolute Gasteiger partial charge is 0.451 e. The first-order valence-electron chi connectivity index (χ1n) is 8.07. The predicted molar refractivity (Wildman–Crippen MR) is 95.9 cm³/mol. The molecule has 2 aromatic heterocycles. The highest BCUT2D eigenvalue weighted by Gasteiger charge is 2.27. The fourth-order valence-corrected chi connectivity index (χ4v) is 3.85. The maximum Gasteiger partial charge on any atom is 0.290 e. The van der Waals surface area contributed by atoms with Gasteiger partial charge in [-0.3, -0.25) is 4.79 Å². The van der Waals surface area contributed by atoms with Crippen LogP contribution in [0.3, 0.4) is 0 Å². The number of thiazole rings is 1. The van der Waals surface area contributed by atoms with E-state index in [1.807, 2.05) is 48.5 Å². The number of carbonyl (C=O) groups excluding carboxylic acids is 1. The van der Waals surface area contributed by atoms with E-state index in [1.54, 1.807) is 11.3 Å². The van der Waals surface area contributed by atoms with Crippen molar-refractivity contribution in [3.8, 4) is 0 Å². The number of aromatic nitrogens is 1. The molecule has 0 saturated carbocycles. The molecule has 1 amide bonds. The normalized spacial score (nSPS) is 15.2. The van der Waals surface area contributed by atoms with Crippen LogP contribution < -0.4 is 4.90 Å². The Labute approximate surface area is 144 Å². The molecule has 0 aliphatic carbocycles. The van der Waals surface area contributed by atoms with Gasteiger partial charge in [-0.25, -0.2) is 4.98 Å². The van der Waals surface area contributed by atoms with Gasteiger partial charge >= 0.3 is 0 Å². The Morgan fingerprint density at radius 2 is 2.00 bits per heavy atom. The lowest BCUT2D eigenvalue weighted by molar-refractivity contribution is 0.0716. The number of benzene rings is 1. The summed E-state index contributed by atoms with van der Waals surface area (Å²) in [6, 6.07) is 6.06. The molecule has 1 aliphatic heterocycles. The number of hydrogen-bond acceptors (Lipinski definition) is 5. The molecular weight excluding hydrogens is 322 g/mol. The summed E-state index contributed by atoms with van der Waals surface area (Å²) in [6.45, 7) is 6.97. The lowest BCUT2D eigenvalue weighted by Gasteiger charge is -2.34. The van der Waals surface area contributed by atoms with Gasteiger partial charge in [0.2, 0.25) is 0 Å². The van der Waals surface area contributed by atoms with Crippen molar-refractivity contribution in [3.05, 3.63) is 46.7 Å². The molecule has 1 aromatic carbocycles. The molecule has 0 atom stereocenters. The van der Waals surface area contributed by atoms with Crippen LogP contribution in [0.15, 0.2) is 34.2 Å². The fourth-order valence-electron chi connectivity index (χ4n) is 3.15. The fraction of sp³-hybridized carbons (Fsp3) is 0.333. The zero-order valence-corrected chi connectivity index (χ0v) is 14.6. The molecule has 3 heterocycles. The van der Waals surface area contributed by atoms with Crippen LogP contribution in [0.2, 0.25) is 0 Å². The van der Waals surface area contributed by atoms with Crippen molar-refractivity contribution >= 4 is 33.3 Å². The van der Waals surface area contributed by atoms with Gasteiger partial charge in [0.15, 0.2) is 10.9 Å². The molecule has 0 N–H and O–H groups in total. The Kier molecular flexibility index (Phi) is 3.76. The van der Waals surface area contributed by atoms with E-state index in [0.717, 1.165) is 40.3 Å². The summed E-state index contributed by atoms with van der Waals surface area (Å²) in [5, 5.41) is 4.02. The number of furan rings is 1. The van der Waals surface area contributed by atoms with Gasteiger partial charge in [0.05, 0.1) is 0 Å². The Morgan fingerprint density at radius 3 is 2.71 bits per heavy atom. The minimum Gasteiger partial charge on any atom is -0.451 e. The zero-order chi connectivity index (χ0) is 16.7. The van der Waals surface area contributed by atoms with E-state index in [0.29, 0.717) is 18.8 Å². The highest BCUT2D eigenvalue weighted by atomic mass is 32.1. The summed E-state index contributed by atoms with van der Waals surface area (Å²) >= 11 is 1.64. The van der Waals surface area contributed by atoms with Crippen molar-refractivity contribution in [2.75, 3.05) is 31.1 Å². The standard InChI is InChI=1S/C18H19N3O2S/c1-12-3-4-14-13(2)16(23-15(14)11-12)17(22)20-6-8-21(9-7-20)18-19-5-10-24-18/h3-5,10-11H,6-9H2,1-2H3. The van der Waals surface area contributed by atoms with Gasteiger partial charge in [-0.2, -0.15) is 0 Å². The quantitative estimate of drug-likeness (QED) is 0.716. The minimum atomic E-state index is -0.0138. The molecule has 0 unspecified atom stereocenters. The number of fused-ring (bicyclic) bond motifs is 1. The van der Waals surface area contributed by atoms with Gasteiger partial charge < -0.3 is 14.2 Å². The number of nitrogens with zero attached hydrogens (tertiary/aromatic N) is 3. The van der Waals surface area contributed by atoms with E-state index in [1.165, 1.54) is 0 Å². The first kappa shape index (κ1) is 15.2. The molecule has 1 aliphatic rings. The number of rotatable bonds is 2. The zero-order valence-electron chi connectivity index (χ0n) is 13.8. The van der Waals surface area contributed by atoms with Crippen molar-refractivity contribution in [3.63, 3.8) is 0 Å². The Hall–Kier alpha value is -2.34. The number of piperazine rings is 1. The number of aryl methyl sites for hydroxylation is 2. The highest BCUT2D eigenvalue weighted by molar-refractivity contribution is 7.13. The molecule has 0 bridgehead atoms. The van der Waals surface area contributed by atoms with Gasteiger partial charge in [0.1, 0.15) is 5.58 Å². The number of hydrogen-bond donors (Lipinski definition) is 0. The SMILES string of the molecule is Cc1ccc2c(C)c(C(=O)N3CCN(c4nccs4)CC3)oc2c1. The number of amides is 1. The molecule has 3 aromatic rings. The topological polar surface area (TPSA) is 49.6 Å². The van der Waals surface area contributed by atoms with Crippen molar-refractivity contribution < 1.29 is 9.21 Å². The molecular formula is C18H19N3O2S. The van der Waals surface area contributed by atoms with E-state index in [4.69, 9.17) is 4.42 Å². The summed E-state index contributed by atoms with van der Waals surface area (Å²) in [5.41, 5.74) is 2.85. The number of carbonyl (C=O) groups is 1. The minimum absolute atomic E-state index is 0.0138. The molecule has 0 radical (unpaired) electrons. The Morgan fingerprint density at radius 1 is 1.21 bits per heavy atom. The summed E-state index contributed by atoms with van der Waals surface area (Å²) in [4.78, 5) is 21.3. The molecule has 124 valence electrons. The van der Waals surface area contributed by atoms with Crippen LogP contribution >= 0.6 is 11.3 Å². The van der Waals surface area contributed by atoms with Crippen LogP contribution in [0.1, 0.15) is 21.7 Å². The van der Waals surface area contributed by atoms with Gasteiger partial charge in [0, 0.05) is 48.7 Å². The smallest absolute Gasteiger partial charge is 0.290 e. The van der Waals surface area contributed by atoms with E-state index in [-0.39, 0.29) is 5.91 Å². The molecule has 0 spiro atoms. The van der Waals surface area contributed by atoms with Crippen molar-refractivity contribution in [1.29, 1.82) is 0 Å². The molecule has 1 fully saturated rings. The maximum atomic E-state index is 12.9. The van der Waals surface area contributed by atoms with Gasteiger partial charge in [0.25, 0.3) is 5.91 Å². The molecule has 4 rings (SSSR count). The average Bonchev–Trinajstić information content (AvgIpc) is 3.23. The van der Waals surface area contributed by atoms with Crippen molar-refractivity contribution in [2.45, 2.75) is 13.8 Å². The number of anilines is 1. The van der Waals surface area contributed by atoms with E-state index in [9.17, 15) is 4.79 Å². The maximum absolute atomic E-state index is 12.9.